The second-order valence-corrected chi connectivity index (χ2v) is 11.2. The van der Waals surface area contributed by atoms with Crippen molar-refractivity contribution >= 4 is 23.0 Å². The Morgan fingerprint density at radius 3 is 2.56 bits per heavy atom. The number of benzene rings is 2. The van der Waals surface area contributed by atoms with Crippen LogP contribution in [0.5, 0.6) is 0 Å². The molecule has 2 saturated carbocycles. The molecule has 7 rings (SSSR count). The molecule has 3 aliphatic rings. The predicted octanol–water partition coefficient (Wildman–Crippen LogP) is 5.60. The molecule has 0 unspecified atom stereocenters. The van der Waals surface area contributed by atoms with Crippen molar-refractivity contribution in [1.82, 2.24) is 19.4 Å². The summed E-state index contributed by atoms with van der Waals surface area (Å²) >= 11 is 0. The zero-order valence-corrected chi connectivity index (χ0v) is 21.9. The zero-order valence-electron chi connectivity index (χ0n) is 21.9. The third-order valence-electron chi connectivity index (χ3n) is 8.72. The molecule has 2 aromatic heterocycles. The number of carbonyl (C=O) groups excluding carboxylic acids is 1. The number of aromatic nitrogens is 3. The molecular formula is C31H29FN4O3. The molecule has 2 aliphatic carbocycles. The highest BCUT2D eigenvalue weighted by atomic mass is 19.1. The Balaban J connectivity index is 1.27. The zero-order chi connectivity index (χ0) is 27.0. The van der Waals surface area contributed by atoms with E-state index in [4.69, 9.17) is 9.97 Å². The average molecular weight is 525 g/mol. The Bertz CT molecular complexity index is 1670. The van der Waals surface area contributed by atoms with Crippen molar-refractivity contribution in [1.29, 1.82) is 0 Å². The van der Waals surface area contributed by atoms with Crippen molar-refractivity contribution in [2.45, 2.75) is 50.5 Å². The van der Waals surface area contributed by atoms with E-state index in [0.717, 1.165) is 24.8 Å². The summed E-state index contributed by atoms with van der Waals surface area (Å²) in [4.78, 5) is 36.6. The molecule has 198 valence electrons. The Morgan fingerprint density at radius 2 is 1.85 bits per heavy atom. The minimum atomic E-state index is -0.841. The highest BCUT2D eigenvalue weighted by Gasteiger charge is 2.44. The first kappa shape index (κ1) is 24.0. The SMILES string of the molecule is C[C@@H]1c2ccccc2CCN1C(=O)c1cc(C2CC2)c2nc(-c3ccc([C@@H]4C[C@H]4C(=O)O)cc3F)n(C)c2n1. The van der Waals surface area contributed by atoms with Crippen LogP contribution in [0.25, 0.3) is 22.6 Å². The quantitative estimate of drug-likeness (QED) is 0.367. The van der Waals surface area contributed by atoms with Crippen molar-refractivity contribution in [3.8, 4) is 11.4 Å². The first-order chi connectivity index (χ1) is 18.8. The van der Waals surface area contributed by atoms with Gasteiger partial charge in [-0.05, 0) is 84.9 Å². The normalized spacial score (nSPS) is 22.1. The fourth-order valence-corrected chi connectivity index (χ4v) is 6.21. The van der Waals surface area contributed by atoms with Gasteiger partial charge in [0.25, 0.3) is 5.91 Å². The number of rotatable bonds is 5. The molecular weight excluding hydrogens is 495 g/mol. The number of hydrogen-bond acceptors (Lipinski definition) is 4. The first-order valence-corrected chi connectivity index (χ1v) is 13.6. The molecule has 8 heteroatoms. The van der Waals surface area contributed by atoms with Gasteiger partial charge >= 0.3 is 5.97 Å². The number of pyridine rings is 1. The topological polar surface area (TPSA) is 88.3 Å². The molecule has 2 aromatic carbocycles. The van der Waals surface area contributed by atoms with Gasteiger partial charge in [0.2, 0.25) is 0 Å². The predicted molar refractivity (Wildman–Crippen MR) is 144 cm³/mol. The smallest absolute Gasteiger partial charge is 0.307 e. The van der Waals surface area contributed by atoms with E-state index in [1.54, 1.807) is 23.7 Å². The lowest BCUT2D eigenvalue weighted by atomic mass is 9.93. The number of aryl methyl sites for hydroxylation is 1. The van der Waals surface area contributed by atoms with Crippen LogP contribution in [0.2, 0.25) is 0 Å². The highest BCUT2D eigenvalue weighted by Crippen LogP contribution is 2.48. The molecule has 2 fully saturated rings. The number of imidazole rings is 1. The van der Waals surface area contributed by atoms with Gasteiger partial charge in [-0.25, -0.2) is 14.4 Å². The first-order valence-electron chi connectivity index (χ1n) is 13.6. The van der Waals surface area contributed by atoms with Gasteiger partial charge < -0.3 is 14.6 Å². The Hall–Kier alpha value is -4.07. The lowest BCUT2D eigenvalue weighted by Gasteiger charge is -2.35. The molecule has 0 saturated heterocycles. The van der Waals surface area contributed by atoms with Gasteiger partial charge in [-0.15, -0.1) is 0 Å². The van der Waals surface area contributed by atoms with Crippen LogP contribution in [0, 0.1) is 11.7 Å². The Morgan fingerprint density at radius 1 is 1.05 bits per heavy atom. The summed E-state index contributed by atoms with van der Waals surface area (Å²) in [5.41, 5.74) is 6.15. The summed E-state index contributed by atoms with van der Waals surface area (Å²) in [5.74, 6) is -1.20. The Labute approximate surface area is 225 Å². The number of amides is 1. The van der Waals surface area contributed by atoms with Crippen LogP contribution >= 0.6 is 0 Å². The number of aliphatic carboxylic acids is 1. The van der Waals surface area contributed by atoms with Gasteiger partial charge in [-0.3, -0.25) is 9.59 Å². The van der Waals surface area contributed by atoms with Gasteiger partial charge in [0.1, 0.15) is 22.9 Å². The fraction of sp³-hybridized carbons (Fsp3) is 0.355. The minimum Gasteiger partial charge on any atom is -0.481 e. The summed E-state index contributed by atoms with van der Waals surface area (Å²) in [6.07, 6.45) is 3.40. The van der Waals surface area contributed by atoms with Gasteiger partial charge in [-0.2, -0.15) is 0 Å². The number of fused-ring (bicyclic) bond motifs is 2. The Kier molecular flexibility index (Phi) is 5.37. The van der Waals surface area contributed by atoms with Crippen LogP contribution in [0.4, 0.5) is 4.39 Å². The maximum absolute atomic E-state index is 15.4. The van der Waals surface area contributed by atoms with E-state index in [1.165, 1.54) is 17.2 Å². The third-order valence-corrected chi connectivity index (χ3v) is 8.72. The van der Waals surface area contributed by atoms with Gasteiger partial charge in [0.05, 0.1) is 17.5 Å². The van der Waals surface area contributed by atoms with E-state index in [1.807, 2.05) is 23.1 Å². The van der Waals surface area contributed by atoms with Crippen molar-refractivity contribution in [2.75, 3.05) is 6.54 Å². The number of nitrogens with zero attached hydrogens (tertiary/aromatic N) is 4. The number of halogens is 1. The van der Waals surface area contributed by atoms with Crippen molar-refractivity contribution in [3.05, 3.63) is 82.3 Å². The largest absolute Gasteiger partial charge is 0.481 e. The molecule has 39 heavy (non-hydrogen) atoms. The number of carboxylic acids is 1. The fourth-order valence-electron chi connectivity index (χ4n) is 6.21. The summed E-state index contributed by atoms with van der Waals surface area (Å²) in [6.45, 7) is 2.69. The molecule has 3 atom stereocenters. The summed E-state index contributed by atoms with van der Waals surface area (Å²) in [7, 11) is 1.80. The molecule has 0 radical (unpaired) electrons. The van der Waals surface area contributed by atoms with Crippen LogP contribution < -0.4 is 0 Å². The van der Waals surface area contributed by atoms with E-state index in [-0.39, 0.29) is 17.9 Å². The van der Waals surface area contributed by atoms with Crippen molar-refractivity contribution in [2.24, 2.45) is 13.0 Å². The van der Waals surface area contributed by atoms with E-state index in [9.17, 15) is 14.7 Å². The second-order valence-electron chi connectivity index (χ2n) is 11.2. The molecule has 7 nitrogen and oxygen atoms in total. The van der Waals surface area contributed by atoms with E-state index < -0.39 is 17.7 Å². The lowest BCUT2D eigenvalue weighted by molar-refractivity contribution is -0.138. The van der Waals surface area contributed by atoms with E-state index in [0.29, 0.717) is 52.7 Å². The van der Waals surface area contributed by atoms with E-state index in [2.05, 4.69) is 19.1 Å². The van der Waals surface area contributed by atoms with Crippen LogP contribution in [0.1, 0.15) is 76.8 Å². The van der Waals surface area contributed by atoms with Crippen molar-refractivity contribution in [3.63, 3.8) is 0 Å². The molecule has 1 aliphatic heterocycles. The molecule has 1 amide bonds. The monoisotopic (exact) mass is 524 g/mol. The minimum absolute atomic E-state index is 0.0498. The van der Waals surface area contributed by atoms with E-state index >= 15 is 4.39 Å². The molecule has 0 bridgehead atoms. The third kappa shape index (κ3) is 3.92. The van der Waals surface area contributed by atoms with Crippen LogP contribution in [-0.4, -0.2) is 43.0 Å². The molecule has 3 heterocycles. The number of carboxylic acid groups (broad SMARTS) is 1. The van der Waals surface area contributed by atoms with Crippen LogP contribution in [0.3, 0.4) is 0 Å². The number of carbonyl (C=O) groups is 2. The van der Waals surface area contributed by atoms with Crippen molar-refractivity contribution < 1.29 is 19.1 Å². The summed E-state index contributed by atoms with van der Waals surface area (Å²) in [5, 5.41) is 9.24. The standard InChI is InChI=1S/C31H29FN4O3/c1-16-20-6-4-3-5-17(20)11-12-36(16)30(37)26-15-23(18-7-8-18)27-29(33-26)35(2)28(34-27)21-10-9-19(13-25(21)32)22-14-24(22)31(38)39/h3-6,9-10,13,15-16,18,22,24H,7-8,11-12,14H2,1-2H3,(H,38,39)/t16-,22+,24-/m1/s1. The summed E-state index contributed by atoms with van der Waals surface area (Å²) in [6, 6.07) is 15.0. The van der Waals surface area contributed by atoms with Gasteiger partial charge in [0.15, 0.2) is 5.65 Å². The molecule has 4 aromatic rings. The second kappa shape index (κ2) is 8.73. The average Bonchev–Trinajstić information content (AvgIpc) is 3.86. The molecule has 1 N–H and O–H groups in total. The van der Waals surface area contributed by atoms with Crippen LogP contribution in [-0.2, 0) is 18.3 Å². The van der Waals surface area contributed by atoms with Crippen LogP contribution in [0.15, 0.2) is 48.5 Å². The maximum Gasteiger partial charge on any atom is 0.307 e. The number of hydrogen-bond donors (Lipinski definition) is 1. The maximum atomic E-state index is 15.4. The molecule has 0 spiro atoms. The van der Waals surface area contributed by atoms with Gasteiger partial charge in [-0.1, -0.05) is 30.3 Å². The summed E-state index contributed by atoms with van der Waals surface area (Å²) < 4.78 is 17.1. The lowest BCUT2D eigenvalue weighted by Crippen LogP contribution is -2.39. The highest BCUT2D eigenvalue weighted by molar-refractivity contribution is 5.96. The van der Waals surface area contributed by atoms with Gasteiger partial charge in [0, 0.05) is 13.6 Å².